The molecule has 1 amide bonds. The van der Waals surface area contributed by atoms with E-state index in [1.807, 2.05) is 29.2 Å². The number of hydrogen-bond donors (Lipinski definition) is 1. The van der Waals surface area contributed by atoms with Crippen molar-refractivity contribution in [2.24, 2.45) is 4.99 Å². The average molecular weight is 497 g/mol. The summed E-state index contributed by atoms with van der Waals surface area (Å²) in [5.74, 6) is 0.998. The molecule has 2 saturated heterocycles. The number of aliphatic imine (C=N–C) groups is 1. The number of ether oxygens (including phenoxy) is 1. The summed E-state index contributed by atoms with van der Waals surface area (Å²) in [6.45, 7) is 7.01. The van der Waals surface area contributed by atoms with Crippen LogP contribution in [0.4, 0.5) is 0 Å². The molecule has 0 aromatic heterocycles. The second-order valence-corrected chi connectivity index (χ2v) is 6.79. The first kappa shape index (κ1) is 22.4. The molecule has 1 aromatic carbocycles. The number of piperazine rings is 1. The number of halogens is 1. The lowest BCUT2D eigenvalue weighted by Gasteiger charge is -2.37. The Morgan fingerprint density at radius 1 is 1.25 bits per heavy atom. The Morgan fingerprint density at radius 3 is 2.50 bits per heavy atom. The van der Waals surface area contributed by atoms with E-state index in [2.05, 4.69) is 23.2 Å². The van der Waals surface area contributed by atoms with Gasteiger partial charge in [0.1, 0.15) is 6.10 Å². The highest BCUT2D eigenvalue weighted by Gasteiger charge is 2.30. The van der Waals surface area contributed by atoms with Crippen molar-refractivity contribution in [3.8, 4) is 6.07 Å². The highest BCUT2D eigenvalue weighted by Crippen LogP contribution is 2.16. The maximum absolute atomic E-state index is 12.5. The van der Waals surface area contributed by atoms with Crippen molar-refractivity contribution in [2.75, 3.05) is 39.3 Å². The molecular formula is C20H28IN5O2. The van der Waals surface area contributed by atoms with Crippen LogP contribution in [0.3, 0.4) is 0 Å². The lowest BCUT2D eigenvalue weighted by molar-refractivity contribution is -0.142. The molecule has 2 aliphatic heterocycles. The SMILES string of the molecule is CCNC(=NCc1ccc(C#N)cc1)N1CCN(C(=O)C2CCCO2)CC1.I. The number of rotatable bonds is 4. The quantitative estimate of drug-likeness (QED) is 0.391. The molecule has 3 rings (SSSR count). The largest absolute Gasteiger partial charge is 0.368 e. The zero-order chi connectivity index (χ0) is 19.1. The van der Waals surface area contributed by atoms with E-state index < -0.39 is 0 Å². The van der Waals surface area contributed by atoms with Gasteiger partial charge in [-0.1, -0.05) is 12.1 Å². The molecule has 0 aliphatic carbocycles. The summed E-state index contributed by atoms with van der Waals surface area (Å²) in [6.07, 6.45) is 1.58. The molecule has 152 valence electrons. The molecule has 0 saturated carbocycles. The number of nitrogens with one attached hydrogen (secondary N) is 1. The molecule has 28 heavy (non-hydrogen) atoms. The summed E-state index contributed by atoms with van der Waals surface area (Å²) in [4.78, 5) is 21.3. The fraction of sp³-hybridized carbons (Fsp3) is 0.550. The third-order valence-corrected chi connectivity index (χ3v) is 4.93. The average Bonchev–Trinajstić information content (AvgIpc) is 3.26. The molecule has 7 nitrogen and oxygen atoms in total. The van der Waals surface area contributed by atoms with E-state index in [1.165, 1.54) is 0 Å². The number of nitriles is 1. The van der Waals surface area contributed by atoms with Gasteiger partial charge >= 0.3 is 0 Å². The molecule has 0 radical (unpaired) electrons. The normalized spacial score (nSPS) is 19.7. The van der Waals surface area contributed by atoms with Crippen LogP contribution in [0.15, 0.2) is 29.3 Å². The fourth-order valence-corrected chi connectivity index (χ4v) is 3.39. The third kappa shape index (κ3) is 5.82. The number of carbonyl (C=O) groups excluding carboxylic acids is 1. The summed E-state index contributed by atoms with van der Waals surface area (Å²) >= 11 is 0. The molecule has 2 heterocycles. The molecule has 2 aliphatic rings. The first-order valence-electron chi connectivity index (χ1n) is 9.64. The molecular weight excluding hydrogens is 469 g/mol. The van der Waals surface area contributed by atoms with Crippen molar-refractivity contribution in [1.82, 2.24) is 15.1 Å². The molecule has 8 heteroatoms. The summed E-state index contributed by atoms with van der Waals surface area (Å²) in [6, 6.07) is 9.62. The first-order chi connectivity index (χ1) is 13.2. The second kappa shape index (κ2) is 11.2. The van der Waals surface area contributed by atoms with Crippen molar-refractivity contribution in [2.45, 2.75) is 32.4 Å². The van der Waals surface area contributed by atoms with Crippen LogP contribution in [0.5, 0.6) is 0 Å². The highest BCUT2D eigenvalue weighted by atomic mass is 127. The van der Waals surface area contributed by atoms with Crippen molar-refractivity contribution in [1.29, 1.82) is 5.26 Å². The Labute approximate surface area is 183 Å². The predicted molar refractivity (Wildman–Crippen MR) is 119 cm³/mol. The van der Waals surface area contributed by atoms with E-state index in [1.54, 1.807) is 0 Å². The van der Waals surface area contributed by atoms with Crippen molar-refractivity contribution >= 4 is 35.8 Å². The number of carbonyl (C=O) groups is 1. The molecule has 1 unspecified atom stereocenters. The number of nitrogens with zero attached hydrogens (tertiary/aromatic N) is 4. The van der Waals surface area contributed by atoms with Gasteiger partial charge in [0, 0.05) is 39.3 Å². The molecule has 1 atom stereocenters. The van der Waals surface area contributed by atoms with Crippen LogP contribution in [0.25, 0.3) is 0 Å². The molecule has 1 aromatic rings. The van der Waals surface area contributed by atoms with Gasteiger partial charge in [-0.05, 0) is 37.5 Å². The minimum Gasteiger partial charge on any atom is -0.368 e. The van der Waals surface area contributed by atoms with Crippen molar-refractivity contribution < 1.29 is 9.53 Å². The van der Waals surface area contributed by atoms with Gasteiger partial charge in [-0.25, -0.2) is 4.99 Å². The maximum Gasteiger partial charge on any atom is 0.251 e. The minimum absolute atomic E-state index is 0. The van der Waals surface area contributed by atoms with Gasteiger partial charge in [-0.15, -0.1) is 24.0 Å². The topological polar surface area (TPSA) is 81.0 Å². The van der Waals surface area contributed by atoms with E-state index in [0.29, 0.717) is 31.8 Å². The lowest BCUT2D eigenvalue weighted by Crippen LogP contribution is -2.55. The molecule has 2 fully saturated rings. The van der Waals surface area contributed by atoms with Crippen LogP contribution < -0.4 is 5.32 Å². The molecule has 1 N–H and O–H groups in total. The summed E-state index contributed by atoms with van der Waals surface area (Å²) < 4.78 is 5.52. The fourth-order valence-electron chi connectivity index (χ4n) is 3.39. The standard InChI is InChI=1S/C20H27N5O2.HI/c1-2-22-20(23-15-17-7-5-16(14-21)6-8-17)25-11-9-24(10-12-25)19(26)18-4-3-13-27-18;/h5-8,18H,2-4,9-13,15H2,1H3,(H,22,23);1H. The lowest BCUT2D eigenvalue weighted by atomic mass is 10.1. The van der Waals surface area contributed by atoms with Gasteiger partial charge in [0.05, 0.1) is 18.2 Å². The van der Waals surface area contributed by atoms with Crippen LogP contribution in [-0.2, 0) is 16.1 Å². The Balaban J connectivity index is 0.00000280. The van der Waals surface area contributed by atoms with E-state index in [4.69, 9.17) is 15.0 Å². The van der Waals surface area contributed by atoms with E-state index in [9.17, 15) is 4.79 Å². The Bertz CT molecular complexity index is 702. The molecule has 0 spiro atoms. The molecule has 0 bridgehead atoms. The van der Waals surface area contributed by atoms with Gasteiger partial charge in [0.25, 0.3) is 5.91 Å². The Kier molecular flexibility index (Phi) is 8.99. The monoisotopic (exact) mass is 497 g/mol. The van der Waals surface area contributed by atoms with Crippen molar-refractivity contribution in [3.05, 3.63) is 35.4 Å². The van der Waals surface area contributed by atoms with Gasteiger partial charge in [0.15, 0.2) is 5.96 Å². The van der Waals surface area contributed by atoms with Crippen LogP contribution in [0.1, 0.15) is 30.9 Å². The van der Waals surface area contributed by atoms with Gasteiger partial charge < -0.3 is 19.9 Å². The second-order valence-electron chi connectivity index (χ2n) is 6.79. The number of benzene rings is 1. The predicted octanol–water partition coefficient (Wildman–Crippen LogP) is 1.96. The van der Waals surface area contributed by atoms with Gasteiger partial charge in [-0.3, -0.25) is 4.79 Å². The summed E-state index contributed by atoms with van der Waals surface area (Å²) in [5.41, 5.74) is 1.72. The van der Waals surface area contributed by atoms with E-state index in [-0.39, 0.29) is 36.0 Å². The summed E-state index contributed by atoms with van der Waals surface area (Å²) in [7, 11) is 0. The zero-order valence-corrected chi connectivity index (χ0v) is 18.6. The minimum atomic E-state index is -0.241. The first-order valence-corrected chi connectivity index (χ1v) is 9.64. The van der Waals surface area contributed by atoms with E-state index >= 15 is 0 Å². The third-order valence-electron chi connectivity index (χ3n) is 4.93. The van der Waals surface area contributed by atoms with Crippen LogP contribution in [0.2, 0.25) is 0 Å². The van der Waals surface area contributed by atoms with Gasteiger partial charge in [-0.2, -0.15) is 5.26 Å². The number of hydrogen-bond acceptors (Lipinski definition) is 4. The highest BCUT2D eigenvalue weighted by molar-refractivity contribution is 14.0. The van der Waals surface area contributed by atoms with E-state index in [0.717, 1.165) is 44.0 Å². The van der Waals surface area contributed by atoms with Crippen molar-refractivity contribution in [3.63, 3.8) is 0 Å². The number of guanidine groups is 1. The smallest absolute Gasteiger partial charge is 0.251 e. The van der Waals surface area contributed by atoms with Crippen LogP contribution in [0, 0.1) is 11.3 Å². The zero-order valence-electron chi connectivity index (χ0n) is 16.3. The van der Waals surface area contributed by atoms with Crippen LogP contribution in [-0.4, -0.2) is 67.1 Å². The van der Waals surface area contributed by atoms with Gasteiger partial charge in [0.2, 0.25) is 0 Å². The summed E-state index contributed by atoms with van der Waals surface area (Å²) in [5, 5.41) is 12.2. The van der Waals surface area contributed by atoms with Crippen LogP contribution >= 0.6 is 24.0 Å². The number of amides is 1. The Morgan fingerprint density at radius 2 is 1.93 bits per heavy atom. The Hall–Kier alpha value is -1.86. The maximum atomic E-state index is 12.5.